The van der Waals surface area contributed by atoms with Gasteiger partial charge in [0.1, 0.15) is 28.7 Å². The molecule has 0 radical (unpaired) electrons. The van der Waals surface area contributed by atoms with Gasteiger partial charge in [0.15, 0.2) is 0 Å². The number of esters is 1. The second-order valence-corrected chi connectivity index (χ2v) is 7.57. The number of nitrogens with zero attached hydrogens (tertiary/aromatic N) is 2. The molecule has 0 saturated heterocycles. The number of thiophene rings is 1. The van der Waals surface area contributed by atoms with E-state index < -0.39 is 0 Å². The quantitative estimate of drug-likeness (QED) is 0.319. The summed E-state index contributed by atoms with van der Waals surface area (Å²) in [5.41, 5.74) is 1.70. The predicted octanol–water partition coefficient (Wildman–Crippen LogP) is 5.28. The van der Waals surface area contributed by atoms with Gasteiger partial charge in [-0.15, -0.1) is 11.3 Å². The molecule has 0 amide bonds. The monoisotopic (exact) mass is 412 g/mol. The summed E-state index contributed by atoms with van der Waals surface area (Å²) in [4.78, 5) is 13.8. The highest BCUT2D eigenvalue weighted by molar-refractivity contribution is 7.20. The van der Waals surface area contributed by atoms with E-state index in [1.807, 2.05) is 67.6 Å². The Hall–Kier alpha value is -2.83. The van der Waals surface area contributed by atoms with Gasteiger partial charge in [0.05, 0.1) is 11.4 Å². The number of hydrogen-bond acceptors (Lipinski definition) is 5. The lowest BCUT2D eigenvalue weighted by Crippen LogP contribution is -2.11. The average molecular weight is 413 g/mol. The largest absolute Gasteiger partial charge is 0.490 e. The molecule has 0 unspecified atom stereocenters. The minimum absolute atomic E-state index is 0.182. The van der Waals surface area contributed by atoms with E-state index in [0.717, 1.165) is 27.3 Å². The van der Waals surface area contributed by atoms with Gasteiger partial charge < -0.3 is 9.47 Å². The van der Waals surface area contributed by atoms with E-state index in [4.69, 9.17) is 21.1 Å². The molecule has 2 aromatic carbocycles. The zero-order valence-corrected chi connectivity index (χ0v) is 16.7. The number of para-hydroxylation sites is 1. The maximum Gasteiger partial charge on any atom is 0.348 e. The van der Waals surface area contributed by atoms with E-state index in [1.54, 1.807) is 4.68 Å². The van der Waals surface area contributed by atoms with Gasteiger partial charge in [-0.3, -0.25) is 0 Å². The van der Waals surface area contributed by atoms with Crippen LogP contribution < -0.4 is 4.74 Å². The Morgan fingerprint density at radius 2 is 1.93 bits per heavy atom. The fourth-order valence-corrected chi connectivity index (χ4v) is 4.07. The summed E-state index contributed by atoms with van der Waals surface area (Å²) < 4.78 is 12.7. The molecule has 0 fully saturated rings. The van der Waals surface area contributed by atoms with Crippen molar-refractivity contribution in [3.05, 3.63) is 76.3 Å². The van der Waals surface area contributed by atoms with Gasteiger partial charge in [-0.25, -0.2) is 9.48 Å². The summed E-state index contributed by atoms with van der Waals surface area (Å²) >= 11 is 7.45. The summed E-state index contributed by atoms with van der Waals surface area (Å²) in [6.45, 7) is 2.40. The van der Waals surface area contributed by atoms with Crippen molar-refractivity contribution in [3.63, 3.8) is 0 Å². The molecule has 0 saturated carbocycles. The number of benzene rings is 2. The summed E-state index contributed by atoms with van der Waals surface area (Å²) in [6.07, 6.45) is 0. The molecular weight excluding hydrogens is 396 g/mol. The fourth-order valence-electron chi connectivity index (χ4n) is 2.81. The van der Waals surface area contributed by atoms with Gasteiger partial charge in [-0.05, 0) is 43.3 Å². The van der Waals surface area contributed by atoms with E-state index in [1.165, 1.54) is 11.3 Å². The van der Waals surface area contributed by atoms with Gasteiger partial charge in [-0.1, -0.05) is 35.9 Å². The van der Waals surface area contributed by atoms with Crippen LogP contribution >= 0.6 is 22.9 Å². The molecular formula is C21H17ClN2O3S. The summed E-state index contributed by atoms with van der Waals surface area (Å²) in [7, 11) is 0. The van der Waals surface area contributed by atoms with E-state index >= 15 is 0 Å². The van der Waals surface area contributed by atoms with E-state index in [0.29, 0.717) is 16.5 Å². The number of rotatable bonds is 6. The average Bonchev–Trinajstić information content (AvgIpc) is 3.27. The van der Waals surface area contributed by atoms with Crippen LogP contribution in [0.3, 0.4) is 0 Å². The Kier molecular flexibility index (Phi) is 5.32. The van der Waals surface area contributed by atoms with Crippen LogP contribution in [0.4, 0.5) is 0 Å². The van der Waals surface area contributed by atoms with Gasteiger partial charge in [-0.2, -0.15) is 5.10 Å². The van der Waals surface area contributed by atoms with Crippen molar-refractivity contribution in [1.82, 2.24) is 9.78 Å². The first kappa shape index (κ1) is 18.5. The SMILES string of the molecule is Cc1nn(-c2cccc(Cl)c2)c2sc(C(=O)OCCOc3ccccc3)cc12. The van der Waals surface area contributed by atoms with E-state index in [2.05, 4.69) is 5.10 Å². The molecule has 0 atom stereocenters. The Bertz CT molecular complexity index is 1120. The molecule has 7 heteroatoms. The third-order valence-corrected chi connectivity index (χ3v) is 5.45. The molecule has 0 spiro atoms. The van der Waals surface area contributed by atoms with Crippen molar-refractivity contribution in [1.29, 1.82) is 0 Å². The van der Waals surface area contributed by atoms with Crippen molar-refractivity contribution in [2.45, 2.75) is 6.92 Å². The van der Waals surface area contributed by atoms with Gasteiger partial charge >= 0.3 is 5.97 Å². The zero-order chi connectivity index (χ0) is 19.5. The van der Waals surface area contributed by atoms with Gasteiger partial charge in [0, 0.05) is 10.4 Å². The summed E-state index contributed by atoms with van der Waals surface area (Å²) in [6, 6.07) is 18.7. The second kappa shape index (κ2) is 8.04. The fraction of sp³-hybridized carbons (Fsp3) is 0.143. The molecule has 0 bridgehead atoms. The normalized spacial score (nSPS) is 10.9. The second-order valence-electron chi connectivity index (χ2n) is 6.10. The van der Waals surface area contributed by atoms with E-state index in [-0.39, 0.29) is 12.6 Å². The number of carbonyl (C=O) groups is 1. The number of hydrogen-bond donors (Lipinski definition) is 0. The van der Waals surface area contributed by atoms with Gasteiger partial charge in [0.2, 0.25) is 0 Å². The first-order valence-electron chi connectivity index (χ1n) is 8.72. The zero-order valence-electron chi connectivity index (χ0n) is 15.1. The molecule has 0 aliphatic rings. The Morgan fingerprint density at radius 1 is 1.11 bits per heavy atom. The molecule has 0 aliphatic carbocycles. The molecule has 4 rings (SSSR count). The predicted molar refractivity (Wildman–Crippen MR) is 111 cm³/mol. The standard InChI is InChI=1S/C21H17ClN2O3S/c1-14-18-13-19(21(25)27-11-10-26-17-8-3-2-4-9-17)28-20(18)24(23-14)16-7-5-6-15(22)12-16/h2-9,12-13H,10-11H2,1H3. The highest BCUT2D eigenvalue weighted by Gasteiger charge is 2.18. The third-order valence-electron chi connectivity index (χ3n) is 4.13. The number of fused-ring (bicyclic) bond motifs is 1. The van der Waals surface area contributed by atoms with Crippen LogP contribution in [0.15, 0.2) is 60.7 Å². The first-order chi connectivity index (χ1) is 13.6. The molecule has 0 N–H and O–H groups in total. The lowest BCUT2D eigenvalue weighted by Gasteiger charge is -2.06. The number of aryl methyl sites for hydroxylation is 1. The van der Waals surface area contributed by atoms with Crippen LogP contribution in [0.2, 0.25) is 5.02 Å². The minimum Gasteiger partial charge on any atom is -0.490 e. The minimum atomic E-state index is -0.366. The number of ether oxygens (including phenoxy) is 2. The van der Waals surface area contributed by atoms with Crippen LogP contribution in [0, 0.1) is 6.92 Å². The Balaban J connectivity index is 1.47. The molecule has 4 aromatic rings. The van der Waals surface area contributed by atoms with Crippen molar-refractivity contribution >= 4 is 39.1 Å². The maximum atomic E-state index is 12.4. The highest BCUT2D eigenvalue weighted by Crippen LogP contribution is 2.31. The van der Waals surface area contributed by atoms with Crippen molar-refractivity contribution in [2.24, 2.45) is 0 Å². The van der Waals surface area contributed by atoms with Crippen molar-refractivity contribution < 1.29 is 14.3 Å². The lowest BCUT2D eigenvalue weighted by molar-refractivity contribution is 0.0456. The summed E-state index contributed by atoms with van der Waals surface area (Å²) in [5.74, 6) is 0.382. The van der Waals surface area contributed by atoms with Crippen molar-refractivity contribution in [2.75, 3.05) is 13.2 Å². The van der Waals surface area contributed by atoms with Crippen molar-refractivity contribution in [3.8, 4) is 11.4 Å². The van der Waals surface area contributed by atoms with E-state index in [9.17, 15) is 4.79 Å². The molecule has 2 aromatic heterocycles. The Labute approximate surface area is 171 Å². The van der Waals surface area contributed by atoms with Crippen LogP contribution in [0.1, 0.15) is 15.4 Å². The molecule has 28 heavy (non-hydrogen) atoms. The van der Waals surface area contributed by atoms with Crippen LogP contribution in [0.5, 0.6) is 5.75 Å². The highest BCUT2D eigenvalue weighted by atomic mass is 35.5. The number of halogens is 1. The topological polar surface area (TPSA) is 53.4 Å². The molecule has 0 aliphatic heterocycles. The van der Waals surface area contributed by atoms with Crippen LogP contribution in [-0.2, 0) is 4.74 Å². The number of aromatic nitrogens is 2. The molecule has 5 nitrogen and oxygen atoms in total. The third kappa shape index (κ3) is 3.88. The van der Waals surface area contributed by atoms with Crippen LogP contribution in [0.25, 0.3) is 15.9 Å². The lowest BCUT2D eigenvalue weighted by atomic mass is 10.3. The number of carbonyl (C=O) groups excluding carboxylic acids is 1. The maximum absolute atomic E-state index is 12.4. The summed E-state index contributed by atoms with van der Waals surface area (Å²) in [5, 5.41) is 6.13. The van der Waals surface area contributed by atoms with Crippen LogP contribution in [-0.4, -0.2) is 29.0 Å². The van der Waals surface area contributed by atoms with Gasteiger partial charge in [0.25, 0.3) is 0 Å². The smallest absolute Gasteiger partial charge is 0.348 e. The first-order valence-corrected chi connectivity index (χ1v) is 9.91. The Morgan fingerprint density at radius 3 is 2.71 bits per heavy atom. The molecule has 2 heterocycles. The molecule has 142 valence electrons.